The largest absolute Gasteiger partial charge is 0.380 e. The zero-order valence-electron chi connectivity index (χ0n) is 14.7. The fourth-order valence-electron chi connectivity index (χ4n) is 2.47. The highest BCUT2D eigenvalue weighted by Crippen LogP contribution is 2.25. The SMILES string of the molecule is CCCNC(Cc1nc(C(C)(C)C)cs1)C(OC)C(C)C. The van der Waals surface area contributed by atoms with E-state index in [4.69, 9.17) is 9.72 Å². The normalized spacial score (nSPS) is 15.4. The highest BCUT2D eigenvalue weighted by molar-refractivity contribution is 7.09. The van der Waals surface area contributed by atoms with Crippen LogP contribution < -0.4 is 5.32 Å². The van der Waals surface area contributed by atoms with Crippen LogP contribution in [0.5, 0.6) is 0 Å². The van der Waals surface area contributed by atoms with E-state index in [1.165, 1.54) is 10.7 Å². The van der Waals surface area contributed by atoms with E-state index < -0.39 is 0 Å². The van der Waals surface area contributed by atoms with Crippen molar-refractivity contribution in [2.45, 2.75) is 71.9 Å². The van der Waals surface area contributed by atoms with Gasteiger partial charge in [-0.05, 0) is 18.9 Å². The summed E-state index contributed by atoms with van der Waals surface area (Å²) in [6.07, 6.45) is 2.30. The molecule has 122 valence electrons. The van der Waals surface area contributed by atoms with E-state index in [1.54, 1.807) is 11.3 Å². The highest BCUT2D eigenvalue weighted by Gasteiger charge is 2.26. The van der Waals surface area contributed by atoms with Gasteiger partial charge in [-0.25, -0.2) is 4.98 Å². The second-order valence-electron chi connectivity index (χ2n) is 7.09. The molecule has 1 aromatic heterocycles. The molecule has 0 saturated heterocycles. The maximum Gasteiger partial charge on any atom is 0.0945 e. The van der Waals surface area contributed by atoms with Gasteiger partial charge in [-0.1, -0.05) is 41.5 Å². The van der Waals surface area contributed by atoms with Crippen LogP contribution in [0, 0.1) is 5.92 Å². The molecule has 21 heavy (non-hydrogen) atoms. The molecular formula is C17H32N2OS. The summed E-state index contributed by atoms with van der Waals surface area (Å²) >= 11 is 1.77. The van der Waals surface area contributed by atoms with Crippen LogP contribution in [-0.2, 0) is 16.6 Å². The molecule has 0 saturated carbocycles. The molecule has 3 nitrogen and oxygen atoms in total. The van der Waals surface area contributed by atoms with E-state index in [-0.39, 0.29) is 11.5 Å². The van der Waals surface area contributed by atoms with Crippen molar-refractivity contribution in [2.75, 3.05) is 13.7 Å². The van der Waals surface area contributed by atoms with Crippen molar-refractivity contribution < 1.29 is 4.74 Å². The van der Waals surface area contributed by atoms with Gasteiger partial charge in [0.25, 0.3) is 0 Å². The molecule has 1 N–H and O–H groups in total. The van der Waals surface area contributed by atoms with E-state index in [0.717, 1.165) is 19.4 Å². The minimum absolute atomic E-state index is 0.125. The predicted molar refractivity (Wildman–Crippen MR) is 92.2 cm³/mol. The Morgan fingerprint density at radius 2 is 2.00 bits per heavy atom. The third-order valence-electron chi connectivity index (χ3n) is 3.70. The zero-order valence-corrected chi connectivity index (χ0v) is 15.5. The number of nitrogens with one attached hydrogen (secondary N) is 1. The van der Waals surface area contributed by atoms with Crippen molar-refractivity contribution in [3.8, 4) is 0 Å². The molecule has 0 radical (unpaired) electrons. The van der Waals surface area contributed by atoms with Crippen LogP contribution in [0.3, 0.4) is 0 Å². The zero-order chi connectivity index (χ0) is 16.0. The highest BCUT2D eigenvalue weighted by atomic mass is 32.1. The number of rotatable bonds is 8. The van der Waals surface area contributed by atoms with Crippen LogP contribution in [0.1, 0.15) is 58.7 Å². The molecule has 1 heterocycles. The van der Waals surface area contributed by atoms with Crippen LogP contribution in [-0.4, -0.2) is 30.8 Å². The summed E-state index contributed by atoms with van der Waals surface area (Å²) in [7, 11) is 1.81. The van der Waals surface area contributed by atoms with E-state index >= 15 is 0 Å². The topological polar surface area (TPSA) is 34.2 Å². The van der Waals surface area contributed by atoms with Crippen LogP contribution in [0.2, 0.25) is 0 Å². The standard InChI is InChI=1S/C17H32N2OS/c1-8-9-18-13(16(20-7)12(2)3)10-15-19-14(11-21-15)17(4,5)6/h11-13,16,18H,8-10H2,1-7H3. The fourth-order valence-corrected chi connectivity index (χ4v) is 3.55. The van der Waals surface area contributed by atoms with Gasteiger partial charge in [-0.3, -0.25) is 0 Å². The molecule has 0 aliphatic heterocycles. The Hall–Kier alpha value is -0.450. The monoisotopic (exact) mass is 312 g/mol. The van der Waals surface area contributed by atoms with Gasteiger partial charge in [0.05, 0.1) is 16.8 Å². The van der Waals surface area contributed by atoms with Crippen molar-refractivity contribution in [3.05, 3.63) is 16.1 Å². The molecule has 1 aromatic rings. The Morgan fingerprint density at radius 3 is 2.43 bits per heavy atom. The molecule has 0 spiro atoms. The third kappa shape index (κ3) is 5.68. The first kappa shape index (κ1) is 18.6. The minimum atomic E-state index is 0.125. The fraction of sp³-hybridized carbons (Fsp3) is 0.824. The first-order chi connectivity index (χ1) is 9.79. The van der Waals surface area contributed by atoms with E-state index in [9.17, 15) is 0 Å². The van der Waals surface area contributed by atoms with Gasteiger partial charge >= 0.3 is 0 Å². The number of thiazole rings is 1. The van der Waals surface area contributed by atoms with Crippen LogP contribution in [0.4, 0.5) is 0 Å². The van der Waals surface area contributed by atoms with Gasteiger partial charge < -0.3 is 10.1 Å². The Kier molecular flexibility index (Phi) is 7.31. The average molecular weight is 313 g/mol. The molecule has 0 aromatic carbocycles. The van der Waals surface area contributed by atoms with E-state index in [1.807, 2.05) is 7.11 Å². The number of ether oxygens (including phenoxy) is 1. The summed E-state index contributed by atoms with van der Waals surface area (Å²) in [5.41, 5.74) is 1.31. The Bertz CT molecular complexity index is 409. The first-order valence-electron chi connectivity index (χ1n) is 8.00. The maximum absolute atomic E-state index is 5.73. The lowest BCUT2D eigenvalue weighted by molar-refractivity contribution is 0.0332. The molecule has 0 fully saturated rings. The molecule has 0 aliphatic rings. The van der Waals surface area contributed by atoms with Gasteiger partial charge in [0.15, 0.2) is 0 Å². The van der Waals surface area contributed by atoms with Crippen LogP contribution >= 0.6 is 11.3 Å². The lowest BCUT2D eigenvalue weighted by Crippen LogP contribution is -2.45. The summed E-state index contributed by atoms with van der Waals surface area (Å²) in [6, 6.07) is 0.328. The summed E-state index contributed by atoms with van der Waals surface area (Å²) in [5, 5.41) is 7.04. The molecule has 4 heteroatoms. The van der Waals surface area contributed by atoms with Crippen molar-refractivity contribution >= 4 is 11.3 Å². The molecule has 0 amide bonds. The number of hydrogen-bond donors (Lipinski definition) is 1. The van der Waals surface area contributed by atoms with Gasteiger partial charge in [0.1, 0.15) is 0 Å². The summed E-state index contributed by atoms with van der Waals surface area (Å²) < 4.78 is 5.73. The summed E-state index contributed by atoms with van der Waals surface area (Å²) in [6.45, 7) is 14.3. The predicted octanol–water partition coefficient (Wildman–Crippen LogP) is 4.02. The second kappa shape index (κ2) is 8.25. The molecule has 2 unspecified atom stereocenters. The third-order valence-corrected chi connectivity index (χ3v) is 4.57. The quantitative estimate of drug-likeness (QED) is 0.787. The Balaban J connectivity index is 2.82. The average Bonchev–Trinajstić information content (AvgIpc) is 2.84. The maximum atomic E-state index is 5.73. The smallest absolute Gasteiger partial charge is 0.0945 e. The number of aromatic nitrogens is 1. The molecule has 0 aliphatic carbocycles. The number of hydrogen-bond acceptors (Lipinski definition) is 4. The van der Waals surface area contributed by atoms with Crippen molar-refractivity contribution in [3.63, 3.8) is 0 Å². The van der Waals surface area contributed by atoms with Gasteiger partial charge in [0, 0.05) is 30.4 Å². The first-order valence-corrected chi connectivity index (χ1v) is 8.88. The van der Waals surface area contributed by atoms with Crippen LogP contribution in [0.25, 0.3) is 0 Å². The Morgan fingerprint density at radius 1 is 1.33 bits per heavy atom. The van der Waals surface area contributed by atoms with E-state index in [0.29, 0.717) is 12.0 Å². The van der Waals surface area contributed by atoms with Gasteiger partial charge in [-0.2, -0.15) is 0 Å². The van der Waals surface area contributed by atoms with Gasteiger partial charge in [-0.15, -0.1) is 11.3 Å². The molecule has 1 rings (SSSR count). The second-order valence-corrected chi connectivity index (χ2v) is 8.03. The summed E-state index contributed by atoms with van der Waals surface area (Å²) in [5.74, 6) is 0.492. The minimum Gasteiger partial charge on any atom is -0.380 e. The molecule has 0 bridgehead atoms. The van der Waals surface area contributed by atoms with Gasteiger partial charge in [0.2, 0.25) is 0 Å². The molecule has 2 atom stereocenters. The van der Waals surface area contributed by atoms with Crippen molar-refractivity contribution in [1.29, 1.82) is 0 Å². The summed E-state index contributed by atoms with van der Waals surface area (Å²) in [4.78, 5) is 4.83. The van der Waals surface area contributed by atoms with Crippen molar-refractivity contribution in [2.24, 2.45) is 5.92 Å². The number of nitrogens with zero attached hydrogens (tertiary/aromatic N) is 1. The lowest BCUT2D eigenvalue weighted by atomic mass is 9.93. The Labute approximate surface area is 134 Å². The van der Waals surface area contributed by atoms with Crippen molar-refractivity contribution in [1.82, 2.24) is 10.3 Å². The van der Waals surface area contributed by atoms with Crippen LogP contribution in [0.15, 0.2) is 5.38 Å². The molecular weight excluding hydrogens is 280 g/mol. The van der Waals surface area contributed by atoms with E-state index in [2.05, 4.69) is 52.2 Å². The number of methoxy groups -OCH3 is 1. The lowest BCUT2D eigenvalue weighted by Gasteiger charge is -2.29.